The molecule has 0 aliphatic heterocycles. The van der Waals surface area contributed by atoms with Crippen LogP contribution in [0.25, 0.3) is 0 Å². The Kier molecular flexibility index (Phi) is 4.24. The summed E-state index contributed by atoms with van der Waals surface area (Å²) in [6.07, 6.45) is 1.65. The minimum absolute atomic E-state index is 0.221. The number of benzene rings is 1. The highest BCUT2D eigenvalue weighted by Crippen LogP contribution is 2.22. The second-order valence-electron chi connectivity index (χ2n) is 3.00. The van der Waals surface area contributed by atoms with Crippen LogP contribution in [0, 0.1) is 0 Å². The normalized spacial score (nSPS) is 11.4. The van der Waals surface area contributed by atoms with Gasteiger partial charge in [0.25, 0.3) is 0 Å². The Morgan fingerprint density at radius 3 is 2.87 bits per heavy atom. The zero-order valence-corrected chi connectivity index (χ0v) is 9.12. The number of rotatable bonds is 4. The molecule has 2 N–H and O–H groups in total. The van der Waals surface area contributed by atoms with E-state index >= 15 is 0 Å². The molecule has 0 aromatic heterocycles. The van der Waals surface area contributed by atoms with Gasteiger partial charge in [0.15, 0.2) is 0 Å². The van der Waals surface area contributed by atoms with Gasteiger partial charge in [0, 0.05) is 16.2 Å². The smallest absolute Gasteiger partial charge is 0.330 e. The zero-order valence-electron chi connectivity index (χ0n) is 8.30. The molecular weight excluding hydrogens is 212 g/mol. The highest BCUT2D eigenvalue weighted by molar-refractivity contribution is 7.99. The van der Waals surface area contributed by atoms with E-state index in [0.717, 1.165) is 4.90 Å². The van der Waals surface area contributed by atoms with Crippen LogP contribution in [0.5, 0.6) is 5.75 Å². The van der Waals surface area contributed by atoms with Gasteiger partial charge in [-0.2, -0.15) is 0 Å². The highest BCUT2D eigenvalue weighted by atomic mass is 32.2. The number of phenols is 1. The molecule has 4 heteroatoms. The van der Waals surface area contributed by atoms with Crippen LogP contribution in [-0.4, -0.2) is 21.9 Å². The number of aromatic hydroxyl groups is 1. The third kappa shape index (κ3) is 4.08. The van der Waals surface area contributed by atoms with Crippen molar-refractivity contribution in [3.63, 3.8) is 0 Å². The lowest BCUT2D eigenvalue weighted by atomic mass is 10.3. The van der Waals surface area contributed by atoms with E-state index in [1.165, 1.54) is 11.8 Å². The second kappa shape index (κ2) is 5.46. The maximum atomic E-state index is 10.5. The van der Waals surface area contributed by atoms with Crippen LogP contribution in [-0.2, 0) is 4.79 Å². The minimum atomic E-state index is -0.897. The highest BCUT2D eigenvalue weighted by Gasteiger charge is 1.99. The molecule has 0 aliphatic carbocycles. The van der Waals surface area contributed by atoms with Crippen LogP contribution >= 0.6 is 11.8 Å². The number of hydrogen-bond donors (Lipinski definition) is 2. The van der Waals surface area contributed by atoms with Gasteiger partial charge in [-0.1, -0.05) is 12.1 Å². The van der Waals surface area contributed by atoms with Gasteiger partial charge in [-0.05, 0) is 25.1 Å². The van der Waals surface area contributed by atoms with Crippen LogP contribution in [0.3, 0.4) is 0 Å². The molecule has 0 unspecified atom stereocenters. The molecule has 80 valence electrons. The number of phenolic OH excluding ortho intramolecular Hbond substituents is 1. The maximum Gasteiger partial charge on any atom is 0.330 e. The molecule has 1 aromatic rings. The van der Waals surface area contributed by atoms with Crippen LogP contribution in [0.1, 0.15) is 6.92 Å². The average Bonchev–Trinajstić information content (AvgIpc) is 2.17. The van der Waals surface area contributed by atoms with Gasteiger partial charge in [-0.15, -0.1) is 11.8 Å². The first kappa shape index (κ1) is 11.7. The number of carbonyl (C=O) groups is 1. The van der Waals surface area contributed by atoms with Crippen LogP contribution < -0.4 is 0 Å². The third-order valence-electron chi connectivity index (χ3n) is 1.79. The van der Waals surface area contributed by atoms with Crippen molar-refractivity contribution < 1.29 is 15.0 Å². The van der Waals surface area contributed by atoms with Crippen LogP contribution in [0.4, 0.5) is 0 Å². The first-order chi connectivity index (χ1) is 7.09. The zero-order chi connectivity index (χ0) is 11.3. The molecule has 0 atom stereocenters. The monoisotopic (exact) mass is 224 g/mol. The first-order valence-electron chi connectivity index (χ1n) is 4.41. The molecule has 1 aromatic carbocycles. The topological polar surface area (TPSA) is 57.5 Å². The van der Waals surface area contributed by atoms with Crippen molar-refractivity contribution in [2.75, 3.05) is 5.75 Å². The lowest BCUT2D eigenvalue weighted by Gasteiger charge is -1.99. The molecule has 0 fully saturated rings. The molecule has 3 nitrogen and oxygen atoms in total. The van der Waals surface area contributed by atoms with Gasteiger partial charge >= 0.3 is 5.97 Å². The van der Waals surface area contributed by atoms with Crippen molar-refractivity contribution in [3.05, 3.63) is 35.9 Å². The maximum absolute atomic E-state index is 10.5. The summed E-state index contributed by atoms with van der Waals surface area (Å²) in [5.41, 5.74) is 0.336. The van der Waals surface area contributed by atoms with Gasteiger partial charge < -0.3 is 10.2 Å². The van der Waals surface area contributed by atoms with Crippen LogP contribution in [0.15, 0.2) is 40.8 Å². The van der Waals surface area contributed by atoms with Crippen molar-refractivity contribution in [2.24, 2.45) is 0 Å². The first-order valence-corrected chi connectivity index (χ1v) is 5.40. The fraction of sp³-hybridized carbons (Fsp3) is 0.182. The number of thioether (sulfide) groups is 1. The summed E-state index contributed by atoms with van der Waals surface area (Å²) in [5.74, 6) is -0.0906. The van der Waals surface area contributed by atoms with E-state index in [1.807, 2.05) is 6.07 Å². The molecular formula is C11H12O3S. The summed E-state index contributed by atoms with van der Waals surface area (Å²) in [4.78, 5) is 11.4. The molecule has 0 saturated heterocycles. The third-order valence-corrected chi connectivity index (χ3v) is 2.72. The Bertz CT molecular complexity index is 385. The fourth-order valence-electron chi connectivity index (χ4n) is 0.923. The van der Waals surface area contributed by atoms with E-state index < -0.39 is 5.97 Å². The standard InChI is InChI=1S/C11H12O3S/c1-8(11(13)14)5-6-15-10-4-2-3-9(12)7-10/h2-5,7,12H,6H2,1H3,(H,13,14)/b8-5-. The lowest BCUT2D eigenvalue weighted by Crippen LogP contribution is -1.96. The SMILES string of the molecule is C/C(=C/CSc1cccc(O)c1)C(=O)O. The fourth-order valence-corrected chi connectivity index (χ4v) is 1.83. The van der Waals surface area contributed by atoms with E-state index in [2.05, 4.69) is 0 Å². The second-order valence-corrected chi connectivity index (χ2v) is 4.09. The molecule has 0 bridgehead atoms. The Hall–Kier alpha value is -1.42. The van der Waals surface area contributed by atoms with Crippen molar-refractivity contribution >= 4 is 17.7 Å². The molecule has 0 aliphatic rings. The summed E-state index contributed by atoms with van der Waals surface area (Å²) in [7, 11) is 0. The predicted octanol–water partition coefficient (Wildman–Crippen LogP) is 2.52. The van der Waals surface area contributed by atoms with E-state index in [0.29, 0.717) is 11.3 Å². The Morgan fingerprint density at radius 1 is 1.53 bits per heavy atom. The summed E-state index contributed by atoms with van der Waals surface area (Å²) < 4.78 is 0. The molecule has 0 heterocycles. The number of aliphatic carboxylic acids is 1. The minimum Gasteiger partial charge on any atom is -0.508 e. The molecule has 15 heavy (non-hydrogen) atoms. The quantitative estimate of drug-likeness (QED) is 0.609. The van der Waals surface area contributed by atoms with E-state index in [4.69, 9.17) is 5.11 Å². The van der Waals surface area contributed by atoms with Gasteiger partial charge in [0.2, 0.25) is 0 Å². The van der Waals surface area contributed by atoms with Gasteiger partial charge in [0.05, 0.1) is 0 Å². The van der Waals surface area contributed by atoms with Crippen LogP contribution in [0.2, 0.25) is 0 Å². The summed E-state index contributed by atoms with van der Waals surface area (Å²) >= 11 is 1.48. The van der Waals surface area contributed by atoms with Crippen molar-refractivity contribution in [1.29, 1.82) is 0 Å². The lowest BCUT2D eigenvalue weighted by molar-refractivity contribution is -0.132. The summed E-state index contributed by atoms with van der Waals surface area (Å²) in [6.45, 7) is 1.56. The molecule has 0 saturated carbocycles. The summed E-state index contributed by atoms with van der Waals surface area (Å²) in [6, 6.07) is 6.87. The van der Waals surface area contributed by atoms with E-state index in [9.17, 15) is 9.90 Å². The molecule has 1 rings (SSSR count). The van der Waals surface area contributed by atoms with E-state index in [1.54, 1.807) is 31.2 Å². The number of hydrogen-bond acceptors (Lipinski definition) is 3. The van der Waals surface area contributed by atoms with Gasteiger partial charge in [-0.25, -0.2) is 4.79 Å². The van der Waals surface area contributed by atoms with Crippen molar-refractivity contribution in [3.8, 4) is 5.75 Å². The predicted molar refractivity (Wildman–Crippen MR) is 60.2 cm³/mol. The molecule has 0 spiro atoms. The average molecular weight is 224 g/mol. The van der Waals surface area contributed by atoms with Crippen molar-refractivity contribution in [2.45, 2.75) is 11.8 Å². The summed E-state index contributed by atoms with van der Waals surface area (Å²) in [5, 5.41) is 17.8. The Morgan fingerprint density at radius 2 is 2.27 bits per heavy atom. The van der Waals surface area contributed by atoms with E-state index in [-0.39, 0.29) is 5.75 Å². The Balaban J connectivity index is 2.51. The molecule has 0 radical (unpaired) electrons. The number of carboxylic acids is 1. The Labute approximate surface area is 92.4 Å². The van der Waals surface area contributed by atoms with Crippen molar-refractivity contribution in [1.82, 2.24) is 0 Å². The largest absolute Gasteiger partial charge is 0.508 e. The molecule has 0 amide bonds. The van der Waals surface area contributed by atoms with Gasteiger partial charge in [0.1, 0.15) is 5.75 Å². The van der Waals surface area contributed by atoms with Gasteiger partial charge in [-0.3, -0.25) is 0 Å². The number of carboxylic acid groups (broad SMARTS) is 1.